The van der Waals surface area contributed by atoms with E-state index in [1.165, 1.54) is 21.0 Å². The summed E-state index contributed by atoms with van der Waals surface area (Å²) in [7, 11) is 1.25. The molecular weight excluding hydrogens is 524 g/mol. The number of allylic oxidation sites excluding steroid dienone is 3. The second-order valence-corrected chi connectivity index (χ2v) is 13.1. The molecule has 2 saturated carbocycles. The van der Waals surface area contributed by atoms with Gasteiger partial charge in [-0.05, 0) is 40.0 Å². The third-order valence-corrected chi connectivity index (χ3v) is 11.2. The lowest BCUT2D eigenvalue weighted by molar-refractivity contribution is -0.217. The maximum absolute atomic E-state index is 14.5. The van der Waals surface area contributed by atoms with Gasteiger partial charge in [0.2, 0.25) is 0 Å². The van der Waals surface area contributed by atoms with Crippen molar-refractivity contribution in [3.63, 3.8) is 0 Å². The van der Waals surface area contributed by atoms with Crippen molar-refractivity contribution in [3.05, 3.63) is 23.0 Å². The van der Waals surface area contributed by atoms with Crippen LogP contribution >= 0.6 is 0 Å². The van der Waals surface area contributed by atoms with Crippen LogP contribution in [0, 0.1) is 38.9 Å². The van der Waals surface area contributed by atoms with E-state index in [0.717, 1.165) is 0 Å². The Morgan fingerprint density at radius 3 is 2.23 bits per heavy atom. The highest BCUT2D eigenvalue weighted by Gasteiger charge is 2.85. The van der Waals surface area contributed by atoms with E-state index in [-0.39, 0.29) is 35.6 Å². The Bertz CT molecular complexity index is 1290. The van der Waals surface area contributed by atoms with Gasteiger partial charge in [0.05, 0.1) is 17.9 Å². The van der Waals surface area contributed by atoms with Crippen LogP contribution in [-0.2, 0) is 42.9 Å². The molecule has 0 aromatic rings. The van der Waals surface area contributed by atoms with Crippen LogP contribution in [0.1, 0.15) is 74.7 Å². The van der Waals surface area contributed by atoms with Crippen LogP contribution in [0.25, 0.3) is 0 Å². The van der Waals surface area contributed by atoms with Gasteiger partial charge in [-0.15, -0.1) is 0 Å². The van der Waals surface area contributed by atoms with Crippen molar-refractivity contribution in [2.75, 3.05) is 7.11 Å². The summed E-state index contributed by atoms with van der Waals surface area (Å²) < 4.78 is 23.0. The Morgan fingerprint density at radius 2 is 1.67 bits per heavy atom. The number of esters is 4. The molecule has 0 radical (unpaired) electrons. The van der Waals surface area contributed by atoms with Crippen LogP contribution in [0.4, 0.5) is 0 Å². The molecular formula is C30H38O9. The van der Waals surface area contributed by atoms with E-state index in [2.05, 4.69) is 0 Å². The Balaban J connectivity index is 1.79. The molecule has 0 aromatic heterocycles. The van der Waals surface area contributed by atoms with Gasteiger partial charge in [0.25, 0.3) is 0 Å². The maximum Gasteiger partial charge on any atom is 0.321 e. The predicted octanol–water partition coefficient (Wildman–Crippen LogP) is 3.84. The number of ketones is 1. The van der Waals surface area contributed by atoms with Crippen molar-refractivity contribution in [1.29, 1.82) is 0 Å². The zero-order valence-corrected chi connectivity index (χ0v) is 24.2. The van der Waals surface area contributed by atoms with Crippen LogP contribution in [0.5, 0.6) is 0 Å². The number of carbonyl (C=O) groups excluding carboxylic acids is 5. The molecule has 2 unspecified atom stereocenters. The second kappa shape index (κ2) is 8.04. The summed E-state index contributed by atoms with van der Waals surface area (Å²) in [5, 5.41) is 0. The van der Waals surface area contributed by atoms with Gasteiger partial charge in [0.15, 0.2) is 11.2 Å². The minimum absolute atomic E-state index is 0.150. The lowest BCUT2D eigenvalue weighted by Crippen LogP contribution is -2.71. The van der Waals surface area contributed by atoms with Crippen molar-refractivity contribution in [2.45, 2.75) is 86.9 Å². The van der Waals surface area contributed by atoms with Gasteiger partial charge in [-0.1, -0.05) is 32.4 Å². The average Bonchev–Trinajstić information content (AvgIpc) is 3.17. The molecule has 1 saturated heterocycles. The highest BCUT2D eigenvalue weighted by Crippen LogP contribution is 2.79. The highest BCUT2D eigenvalue weighted by atomic mass is 16.7. The molecule has 0 amide bonds. The first-order valence-electron chi connectivity index (χ1n) is 13.6. The van der Waals surface area contributed by atoms with Crippen LogP contribution < -0.4 is 0 Å². The molecule has 9 heteroatoms. The minimum atomic E-state index is -1.78. The molecule has 9 atom stereocenters. The standard InChI is InChI=1S/C30H38O9/c1-14-12-19-27(7,30(25(35)36-9)22(33)15(2)23(28(14,30)8)38-17(4)32)13-18-21-26(5,6)20(37-16(3)31)10-11-29(19,21)24(34)39-18/h12,18-21H,10-11,13H2,1-9H3/t18-,19-,20+,21?,27+,28+,29-,30-/m0/s1/i3+1,5+1,7+1,8+1,10+1,12+1,15+1,16+1,18+1,19+1,20+1,21+1,22+1,24+1,25+1,26+1,27+1,28+1,29+1,30+1/t18-,19-,20+,21?,26?,27+,28+,29-,30-. The summed E-state index contributed by atoms with van der Waals surface area (Å²) >= 11 is 0. The Morgan fingerprint density at radius 1 is 1.03 bits per heavy atom. The van der Waals surface area contributed by atoms with Gasteiger partial charge in [-0.3, -0.25) is 24.0 Å². The number of hydrogen-bond donors (Lipinski definition) is 0. The molecule has 2 bridgehead atoms. The van der Waals surface area contributed by atoms with Gasteiger partial charge in [0.1, 0.15) is 18.0 Å². The van der Waals surface area contributed by atoms with E-state index in [1.54, 1.807) is 13.8 Å². The predicted molar refractivity (Wildman–Crippen MR) is 136 cm³/mol. The van der Waals surface area contributed by atoms with Crippen molar-refractivity contribution >= 4 is 29.7 Å². The van der Waals surface area contributed by atoms with Gasteiger partial charge in [-0.2, -0.15) is 0 Å². The van der Waals surface area contributed by atoms with Crippen molar-refractivity contribution in [3.8, 4) is 0 Å². The molecule has 5 aliphatic rings. The summed E-state index contributed by atoms with van der Waals surface area (Å²) in [4.78, 5) is 66.7. The lowest BCUT2D eigenvalue weighted by atomic mass is 10.1. The smallest absolute Gasteiger partial charge is 0.321 e. The van der Waals surface area contributed by atoms with Gasteiger partial charge in [0, 0.05) is 42.1 Å². The molecule has 4 aliphatic carbocycles. The van der Waals surface area contributed by atoms with Crippen LogP contribution in [0.2, 0.25) is 0 Å². The zero-order chi connectivity index (χ0) is 29.1. The van der Waals surface area contributed by atoms with Crippen molar-refractivity contribution < 1.29 is 42.9 Å². The SMILES string of the molecule is CO[13C](=O)[13C@]12[13C](=O)[13C](C)=C(OC(C)=O)[13C@@]1([13CH3])C(C)=[13CH][13C@@H]1[13C@@]34C[13CH2][13C@@H](O[13C]([13CH3])=O)[13C](C)([13CH3])[13CH]3[13C@H](C[13C@]12[13CH3])O[13C]4=O. The third-order valence-electron chi connectivity index (χ3n) is 11.2. The first-order valence-corrected chi connectivity index (χ1v) is 13.6. The molecule has 212 valence electrons. The Labute approximate surface area is 228 Å². The fourth-order valence-corrected chi connectivity index (χ4v) is 9.88. The van der Waals surface area contributed by atoms with Gasteiger partial charge < -0.3 is 18.9 Å². The summed E-state index contributed by atoms with van der Waals surface area (Å²) in [6.45, 7) is 13.7. The number of hydrogen-bond acceptors (Lipinski definition) is 9. The number of methoxy groups -OCH3 is 1. The first kappa shape index (κ1) is 27.6. The Kier molecular flexibility index (Phi) is 5.69. The quantitative estimate of drug-likeness (QED) is 0.166. The number of ether oxygens (including phenoxy) is 4. The largest absolute Gasteiger partial charge is 0.468 e. The number of carbonyl (C=O) groups is 5. The normalized spacial score (nSPS) is 45.9. The van der Waals surface area contributed by atoms with E-state index in [9.17, 15) is 24.0 Å². The fraction of sp³-hybridized carbons (Fsp3) is 0.700. The number of fused-ring (bicyclic) bond motifs is 3. The zero-order valence-electron chi connectivity index (χ0n) is 24.2. The van der Waals surface area contributed by atoms with Crippen LogP contribution in [0.15, 0.2) is 23.0 Å². The Hall–Kier alpha value is -2.97. The molecule has 0 aromatic carbocycles. The third kappa shape index (κ3) is 2.84. The van der Waals surface area contributed by atoms with Crippen LogP contribution in [0.3, 0.4) is 0 Å². The van der Waals surface area contributed by atoms with E-state index in [4.69, 9.17) is 18.9 Å². The fourth-order valence-electron chi connectivity index (χ4n) is 9.88. The molecule has 5 rings (SSSR count). The molecule has 9 nitrogen and oxygen atoms in total. The van der Waals surface area contributed by atoms with E-state index in [1.807, 2.05) is 33.8 Å². The second-order valence-electron chi connectivity index (χ2n) is 13.1. The van der Waals surface area contributed by atoms with Gasteiger partial charge in [-0.25, -0.2) is 0 Å². The summed E-state index contributed by atoms with van der Waals surface area (Å²) in [5.41, 5.74) is -5.01. The number of rotatable bonds is 3. The van der Waals surface area contributed by atoms with E-state index in [0.29, 0.717) is 18.4 Å². The molecule has 0 spiro atoms. The molecule has 1 aliphatic heterocycles. The topological polar surface area (TPSA) is 122 Å². The maximum atomic E-state index is 14.5. The summed E-state index contributed by atoms with van der Waals surface area (Å²) in [6, 6.07) is 0. The minimum Gasteiger partial charge on any atom is -0.468 e. The number of Topliss-reactive ketones (excluding diaryl/α,β-unsaturated/α-hetero) is 1. The van der Waals surface area contributed by atoms with Crippen LogP contribution in [-0.4, -0.2) is 49.0 Å². The first-order chi connectivity index (χ1) is 18.0. The van der Waals surface area contributed by atoms with Crippen molar-refractivity contribution in [1.82, 2.24) is 0 Å². The van der Waals surface area contributed by atoms with Gasteiger partial charge >= 0.3 is 23.9 Å². The average molecular weight is 562 g/mol. The molecule has 39 heavy (non-hydrogen) atoms. The molecule has 3 fully saturated rings. The monoisotopic (exact) mass is 562 g/mol. The highest BCUT2D eigenvalue weighted by molar-refractivity contribution is 6.17. The summed E-state index contributed by atoms with van der Waals surface area (Å²) in [6.07, 6.45) is 2.02. The van der Waals surface area contributed by atoms with Crippen molar-refractivity contribution in [2.24, 2.45) is 38.9 Å². The molecule has 1 heterocycles. The van der Waals surface area contributed by atoms with E-state index < -0.39 is 62.9 Å². The van der Waals surface area contributed by atoms with E-state index >= 15 is 0 Å². The lowest BCUT2D eigenvalue weighted by Gasteiger charge is -2.66. The molecule has 0 N–H and O–H groups in total. The summed E-state index contributed by atoms with van der Waals surface area (Å²) in [5.74, 6) is -3.21.